The minimum Gasteiger partial charge on any atom is -0.366 e. The summed E-state index contributed by atoms with van der Waals surface area (Å²) in [5, 5.41) is 12.6. The molecule has 2 aliphatic heterocycles. The molecule has 1 N–H and O–H groups in total. The van der Waals surface area contributed by atoms with Crippen molar-refractivity contribution in [3.63, 3.8) is 0 Å². The number of hydrogen-bond donors (Lipinski definition) is 1. The molecule has 3 aromatic rings. The fourth-order valence-electron chi connectivity index (χ4n) is 5.09. The summed E-state index contributed by atoms with van der Waals surface area (Å²) in [7, 11) is 0. The lowest BCUT2D eigenvalue weighted by Crippen LogP contribution is -2.44. The minimum absolute atomic E-state index is 0.0671. The van der Waals surface area contributed by atoms with Gasteiger partial charge in [-0.3, -0.25) is 14.9 Å². The molecule has 178 valence electrons. The van der Waals surface area contributed by atoms with Crippen LogP contribution in [0.25, 0.3) is 10.9 Å². The van der Waals surface area contributed by atoms with Gasteiger partial charge in [0.05, 0.1) is 10.5 Å². The van der Waals surface area contributed by atoms with Crippen molar-refractivity contribution in [2.24, 2.45) is 5.92 Å². The van der Waals surface area contributed by atoms with Gasteiger partial charge in [0.2, 0.25) is 5.91 Å². The Morgan fingerprint density at radius 3 is 2.53 bits per heavy atom. The summed E-state index contributed by atoms with van der Waals surface area (Å²) >= 11 is 0. The molecule has 0 bridgehead atoms. The molecule has 1 fully saturated rings. The Hall–Kier alpha value is -3.56. The minimum atomic E-state index is -4.65. The first-order valence-corrected chi connectivity index (χ1v) is 11.2. The lowest BCUT2D eigenvalue weighted by molar-refractivity contribution is -0.384. The van der Waals surface area contributed by atoms with Crippen molar-refractivity contribution in [3.8, 4) is 0 Å². The van der Waals surface area contributed by atoms with Crippen molar-refractivity contribution >= 4 is 28.2 Å². The number of nitrogens with one attached hydrogen (secondary N) is 1. The summed E-state index contributed by atoms with van der Waals surface area (Å²) < 4.78 is 39.0. The number of H-pyrrole nitrogens is 1. The predicted molar refractivity (Wildman–Crippen MR) is 120 cm³/mol. The maximum atomic E-state index is 13.3. The van der Waals surface area contributed by atoms with Crippen LogP contribution in [0.1, 0.15) is 29.7 Å². The number of carbonyl (C=O) groups excluding carboxylic acids is 1. The first-order valence-electron chi connectivity index (χ1n) is 11.2. The number of hydrogen-bond acceptors (Lipinski definition) is 4. The fourth-order valence-corrected chi connectivity index (χ4v) is 5.09. The van der Waals surface area contributed by atoms with E-state index in [1.807, 2.05) is 29.2 Å². The number of amides is 1. The second-order valence-corrected chi connectivity index (χ2v) is 8.86. The number of benzene rings is 2. The zero-order chi connectivity index (χ0) is 24.0. The van der Waals surface area contributed by atoms with Crippen molar-refractivity contribution < 1.29 is 22.9 Å². The summed E-state index contributed by atoms with van der Waals surface area (Å²) in [6.45, 7) is 1.91. The Kier molecular flexibility index (Phi) is 5.45. The standard InChI is InChI=1S/C24H23F3N4O3/c25-24(26,27)16-5-6-21(22(13-16)31(33)34)29-10-7-15(8-11-29)23(32)30-12-9-20-18(14-30)17-3-1-2-4-19(17)28-20/h1-6,13,15,28H,7-12,14H2. The number of anilines is 1. The molecule has 7 nitrogen and oxygen atoms in total. The molecule has 0 spiro atoms. The number of nitrogens with zero attached hydrogens (tertiary/aromatic N) is 3. The van der Waals surface area contributed by atoms with Crippen molar-refractivity contribution in [2.75, 3.05) is 24.5 Å². The van der Waals surface area contributed by atoms with Crippen LogP contribution in [0.2, 0.25) is 0 Å². The van der Waals surface area contributed by atoms with Crippen LogP contribution < -0.4 is 4.90 Å². The van der Waals surface area contributed by atoms with Crippen LogP contribution in [0.4, 0.5) is 24.5 Å². The molecule has 0 unspecified atom stereocenters. The molecule has 5 rings (SSSR count). The van der Waals surface area contributed by atoms with Crippen molar-refractivity contribution in [3.05, 3.63) is 69.4 Å². The molecule has 10 heteroatoms. The number of piperidine rings is 1. The molecule has 0 saturated carbocycles. The lowest BCUT2D eigenvalue weighted by Gasteiger charge is -2.36. The van der Waals surface area contributed by atoms with Crippen LogP contribution >= 0.6 is 0 Å². The molecule has 1 amide bonds. The third-order valence-corrected chi connectivity index (χ3v) is 6.88. The van der Waals surface area contributed by atoms with E-state index >= 15 is 0 Å². The van der Waals surface area contributed by atoms with Crippen LogP contribution in [0.5, 0.6) is 0 Å². The van der Waals surface area contributed by atoms with Gasteiger partial charge in [-0.15, -0.1) is 0 Å². The largest absolute Gasteiger partial charge is 0.416 e. The second kappa shape index (κ2) is 8.34. The predicted octanol–water partition coefficient (Wildman–Crippen LogP) is 4.90. The Bertz CT molecular complexity index is 1260. The van der Waals surface area contributed by atoms with Gasteiger partial charge in [0.1, 0.15) is 5.69 Å². The number of rotatable bonds is 3. The highest BCUT2D eigenvalue weighted by molar-refractivity contribution is 5.86. The summed E-state index contributed by atoms with van der Waals surface area (Å²) in [6.07, 6.45) is -2.91. The Morgan fingerprint density at radius 1 is 1.09 bits per heavy atom. The normalized spacial score (nSPS) is 17.1. The van der Waals surface area contributed by atoms with E-state index in [2.05, 4.69) is 4.98 Å². The van der Waals surface area contributed by atoms with Crippen molar-refractivity contribution in [1.82, 2.24) is 9.88 Å². The maximum Gasteiger partial charge on any atom is 0.416 e. The number of para-hydroxylation sites is 1. The highest BCUT2D eigenvalue weighted by Crippen LogP contribution is 2.38. The van der Waals surface area contributed by atoms with E-state index in [0.29, 0.717) is 45.1 Å². The van der Waals surface area contributed by atoms with Crippen LogP contribution in [0, 0.1) is 16.0 Å². The highest BCUT2D eigenvalue weighted by atomic mass is 19.4. The van der Waals surface area contributed by atoms with Crippen molar-refractivity contribution in [2.45, 2.75) is 32.0 Å². The zero-order valence-electron chi connectivity index (χ0n) is 18.3. The summed E-state index contributed by atoms with van der Waals surface area (Å²) in [4.78, 5) is 30.9. The van der Waals surface area contributed by atoms with E-state index in [1.165, 1.54) is 0 Å². The third kappa shape index (κ3) is 3.97. The average molecular weight is 472 g/mol. The van der Waals surface area contributed by atoms with Crippen molar-refractivity contribution in [1.29, 1.82) is 0 Å². The topological polar surface area (TPSA) is 82.5 Å². The van der Waals surface area contributed by atoms with Crippen LogP contribution in [0.15, 0.2) is 42.5 Å². The second-order valence-electron chi connectivity index (χ2n) is 8.86. The number of carbonyl (C=O) groups is 1. The van der Waals surface area contributed by atoms with Crippen LogP contribution in [0.3, 0.4) is 0 Å². The van der Waals surface area contributed by atoms with E-state index in [9.17, 15) is 28.1 Å². The third-order valence-electron chi connectivity index (χ3n) is 6.88. The monoisotopic (exact) mass is 472 g/mol. The first kappa shape index (κ1) is 22.2. The van der Waals surface area contributed by atoms with E-state index < -0.39 is 22.4 Å². The van der Waals surface area contributed by atoms with Gasteiger partial charge in [0.15, 0.2) is 0 Å². The zero-order valence-corrected chi connectivity index (χ0v) is 18.3. The number of fused-ring (bicyclic) bond motifs is 3. The van der Waals surface area contributed by atoms with Gasteiger partial charge in [0, 0.05) is 66.7 Å². The van der Waals surface area contributed by atoms with Gasteiger partial charge in [-0.1, -0.05) is 18.2 Å². The number of aromatic amines is 1. The molecule has 3 heterocycles. The fraction of sp³-hybridized carbons (Fsp3) is 0.375. The van der Waals surface area contributed by atoms with Crippen LogP contribution in [-0.2, 0) is 23.9 Å². The van der Waals surface area contributed by atoms with E-state index in [-0.39, 0.29) is 17.5 Å². The Morgan fingerprint density at radius 2 is 1.82 bits per heavy atom. The molecule has 0 atom stereocenters. The molecule has 0 aliphatic carbocycles. The quantitative estimate of drug-likeness (QED) is 0.434. The molecular formula is C24H23F3N4O3. The number of nitro benzene ring substituents is 1. The van der Waals surface area contributed by atoms with Gasteiger partial charge in [0.25, 0.3) is 5.69 Å². The SMILES string of the molecule is O=C(C1CCN(c2ccc(C(F)(F)F)cc2[N+](=O)[O-])CC1)N1CCc2[nH]c3ccccc3c2C1. The van der Waals surface area contributed by atoms with E-state index in [4.69, 9.17) is 0 Å². The Labute approximate surface area is 193 Å². The number of aromatic nitrogens is 1. The maximum absolute atomic E-state index is 13.3. The molecule has 34 heavy (non-hydrogen) atoms. The highest BCUT2D eigenvalue weighted by Gasteiger charge is 2.36. The first-order chi connectivity index (χ1) is 16.2. The Balaban J connectivity index is 1.28. The van der Waals surface area contributed by atoms with Gasteiger partial charge in [-0.05, 0) is 31.0 Å². The molecule has 2 aliphatic rings. The summed E-state index contributed by atoms with van der Waals surface area (Å²) in [6, 6.07) is 10.6. The molecule has 1 aromatic heterocycles. The number of alkyl halides is 3. The van der Waals surface area contributed by atoms with Gasteiger partial charge in [-0.2, -0.15) is 13.2 Å². The molecule has 0 radical (unpaired) electrons. The van der Waals surface area contributed by atoms with E-state index in [1.54, 1.807) is 4.90 Å². The summed E-state index contributed by atoms with van der Waals surface area (Å²) in [5.41, 5.74) is 1.92. The van der Waals surface area contributed by atoms with Gasteiger partial charge in [-0.25, -0.2) is 0 Å². The lowest BCUT2D eigenvalue weighted by atomic mass is 9.93. The van der Waals surface area contributed by atoms with Crippen LogP contribution in [-0.4, -0.2) is 40.3 Å². The number of halogens is 3. The summed E-state index contributed by atoms with van der Waals surface area (Å²) in [5.74, 6) is -0.144. The van der Waals surface area contributed by atoms with E-state index in [0.717, 1.165) is 40.7 Å². The van der Waals surface area contributed by atoms with Gasteiger partial charge < -0.3 is 14.8 Å². The number of nitro groups is 1. The average Bonchev–Trinajstić information content (AvgIpc) is 3.20. The molecule has 1 saturated heterocycles. The van der Waals surface area contributed by atoms with Gasteiger partial charge >= 0.3 is 6.18 Å². The molecule has 2 aromatic carbocycles. The molecular weight excluding hydrogens is 449 g/mol. The smallest absolute Gasteiger partial charge is 0.366 e.